The minimum absolute atomic E-state index is 0.0980. The third kappa shape index (κ3) is 5.38. The van der Waals surface area contributed by atoms with Gasteiger partial charge in [-0.05, 0) is 31.7 Å². The molecule has 1 aliphatic heterocycles. The van der Waals surface area contributed by atoms with E-state index in [1.807, 2.05) is 36.1 Å². The molecule has 130 valence electrons. The Morgan fingerprint density at radius 2 is 1.88 bits per heavy atom. The number of piperazine rings is 1. The van der Waals surface area contributed by atoms with Gasteiger partial charge in [0.1, 0.15) is 0 Å². The van der Waals surface area contributed by atoms with Crippen LogP contribution in [0.4, 0.5) is 0 Å². The molecule has 6 nitrogen and oxygen atoms in total. The monoisotopic (exact) mass is 329 g/mol. The number of carbonyl (C=O) groups is 1. The number of amides is 1. The van der Waals surface area contributed by atoms with Crippen LogP contribution in [-0.4, -0.2) is 61.4 Å². The van der Waals surface area contributed by atoms with E-state index < -0.39 is 0 Å². The van der Waals surface area contributed by atoms with E-state index in [4.69, 9.17) is 5.73 Å². The minimum atomic E-state index is 0.0980. The van der Waals surface area contributed by atoms with E-state index in [1.54, 1.807) is 0 Å². The van der Waals surface area contributed by atoms with Gasteiger partial charge in [0.05, 0.1) is 6.54 Å². The third-order valence-electron chi connectivity index (χ3n) is 3.99. The van der Waals surface area contributed by atoms with E-state index in [2.05, 4.69) is 28.8 Å². The molecule has 1 fully saturated rings. The van der Waals surface area contributed by atoms with Crippen molar-refractivity contribution in [1.82, 2.24) is 15.1 Å². The van der Waals surface area contributed by atoms with Crippen LogP contribution in [0.2, 0.25) is 0 Å². The van der Waals surface area contributed by atoms with E-state index >= 15 is 0 Å². The molecule has 0 aromatic heterocycles. The first-order chi connectivity index (χ1) is 11.5. The van der Waals surface area contributed by atoms with Crippen molar-refractivity contribution >= 4 is 11.9 Å². The topological polar surface area (TPSA) is 74.0 Å². The average Bonchev–Trinajstić information content (AvgIpc) is 2.58. The molecule has 0 aliphatic carbocycles. The lowest BCUT2D eigenvalue weighted by atomic mass is 10.1. The molecule has 3 N–H and O–H groups in total. The molecule has 0 unspecified atom stereocenters. The van der Waals surface area contributed by atoms with Gasteiger partial charge in [-0.15, -0.1) is 0 Å². The van der Waals surface area contributed by atoms with Crippen molar-refractivity contribution < 1.29 is 4.79 Å². The molecule has 1 heterocycles. The fourth-order valence-electron chi connectivity index (χ4n) is 2.42. The Hall–Kier alpha value is -2.34. The molecule has 0 radical (unpaired) electrons. The largest absolute Gasteiger partial charge is 0.370 e. The number of hydrogen-bond acceptors (Lipinski definition) is 3. The first kappa shape index (κ1) is 18.0. The van der Waals surface area contributed by atoms with Gasteiger partial charge >= 0.3 is 0 Å². The molecule has 1 saturated heterocycles. The second kappa shape index (κ2) is 8.49. The zero-order valence-corrected chi connectivity index (χ0v) is 14.6. The lowest BCUT2D eigenvalue weighted by molar-refractivity contribution is 0.0664. The summed E-state index contributed by atoms with van der Waals surface area (Å²) in [4.78, 5) is 20.9. The molecule has 1 aromatic carbocycles. The number of nitrogens with zero attached hydrogens (tertiary/aromatic N) is 3. The molecule has 0 saturated carbocycles. The van der Waals surface area contributed by atoms with E-state index in [1.165, 1.54) is 0 Å². The van der Waals surface area contributed by atoms with Gasteiger partial charge in [-0.1, -0.05) is 24.3 Å². The van der Waals surface area contributed by atoms with Crippen LogP contribution < -0.4 is 11.1 Å². The van der Waals surface area contributed by atoms with Gasteiger partial charge in [-0.25, -0.2) is 4.99 Å². The van der Waals surface area contributed by atoms with E-state index in [-0.39, 0.29) is 5.91 Å². The molecule has 6 heteroatoms. The summed E-state index contributed by atoms with van der Waals surface area (Å²) in [6, 6.07) is 7.59. The Bertz CT molecular complexity index is 600. The fraction of sp³-hybridized carbons (Fsp3) is 0.444. The molecule has 1 amide bonds. The lowest BCUT2D eigenvalue weighted by Crippen LogP contribution is -2.47. The summed E-state index contributed by atoms with van der Waals surface area (Å²) >= 11 is 0. The van der Waals surface area contributed by atoms with Crippen molar-refractivity contribution in [1.29, 1.82) is 0 Å². The maximum Gasteiger partial charge on any atom is 0.253 e. The predicted molar refractivity (Wildman–Crippen MR) is 98.0 cm³/mol. The molecule has 2 rings (SSSR count). The van der Waals surface area contributed by atoms with Crippen molar-refractivity contribution in [3.05, 3.63) is 47.5 Å². The Kier molecular flexibility index (Phi) is 6.37. The van der Waals surface area contributed by atoms with Gasteiger partial charge in [-0.3, -0.25) is 4.79 Å². The first-order valence-corrected chi connectivity index (χ1v) is 8.20. The zero-order chi connectivity index (χ0) is 17.5. The van der Waals surface area contributed by atoms with Crippen molar-refractivity contribution in [3.63, 3.8) is 0 Å². The SMILES string of the molecule is C=C(C)CNC(N)=NCc1ccc(C(=O)N2CCN(C)CC2)cc1. The van der Waals surface area contributed by atoms with Gasteiger partial charge in [0.25, 0.3) is 5.91 Å². The molecule has 0 atom stereocenters. The second-order valence-corrected chi connectivity index (χ2v) is 6.30. The summed E-state index contributed by atoms with van der Waals surface area (Å²) in [5.41, 5.74) is 8.53. The van der Waals surface area contributed by atoms with Crippen molar-refractivity contribution in [3.8, 4) is 0 Å². The van der Waals surface area contributed by atoms with Crippen LogP contribution in [0.15, 0.2) is 41.4 Å². The summed E-state index contributed by atoms with van der Waals surface area (Å²) in [7, 11) is 2.08. The average molecular weight is 329 g/mol. The number of guanidine groups is 1. The fourth-order valence-corrected chi connectivity index (χ4v) is 2.42. The van der Waals surface area contributed by atoms with Crippen LogP contribution in [0.3, 0.4) is 0 Å². The van der Waals surface area contributed by atoms with Crippen LogP contribution in [0.25, 0.3) is 0 Å². The summed E-state index contributed by atoms with van der Waals surface area (Å²) < 4.78 is 0. The molecule has 1 aliphatic rings. The quantitative estimate of drug-likeness (QED) is 0.481. The van der Waals surface area contributed by atoms with Crippen molar-refractivity contribution in [2.45, 2.75) is 13.5 Å². The van der Waals surface area contributed by atoms with Crippen LogP contribution in [-0.2, 0) is 6.54 Å². The highest BCUT2D eigenvalue weighted by atomic mass is 16.2. The van der Waals surface area contributed by atoms with Gasteiger partial charge in [0.2, 0.25) is 0 Å². The number of carbonyl (C=O) groups excluding carboxylic acids is 1. The van der Waals surface area contributed by atoms with Gasteiger partial charge < -0.3 is 20.9 Å². The van der Waals surface area contributed by atoms with Crippen LogP contribution >= 0.6 is 0 Å². The molecule has 0 spiro atoms. The number of rotatable bonds is 5. The first-order valence-electron chi connectivity index (χ1n) is 8.20. The van der Waals surface area contributed by atoms with Crippen molar-refractivity contribution in [2.75, 3.05) is 39.8 Å². The third-order valence-corrected chi connectivity index (χ3v) is 3.99. The summed E-state index contributed by atoms with van der Waals surface area (Å²) in [6.45, 7) is 10.3. The molecular weight excluding hydrogens is 302 g/mol. The second-order valence-electron chi connectivity index (χ2n) is 6.30. The highest BCUT2D eigenvalue weighted by Gasteiger charge is 2.19. The van der Waals surface area contributed by atoms with Gasteiger partial charge in [0.15, 0.2) is 5.96 Å². The normalized spacial score (nSPS) is 16.1. The van der Waals surface area contributed by atoms with Crippen molar-refractivity contribution in [2.24, 2.45) is 10.7 Å². The van der Waals surface area contributed by atoms with E-state index in [0.717, 1.165) is 42.9 Å². The number of benzene rings is 1. The molecule has 24 heavy (non-hydrogen) atoms. The number of nitrogens with one attached hydrogen (secondary N) is 1. The number of nitrogens with two attached hydrogens (primary N) is 1. The Balaban J connectivity index is 1.89. The molecule has 0 bridgehead atoms. The Labute approximate surface area is 144 Å². The highest BCUT2D eigenvalue weighted by molar-refractivity contribution is 5.94. The predicted octanol–water partition coefficient (Wildman–Crippen LogP) is 1.05. The highest BCUT2D eigenvalue weighted by Crippen LogP contribution is 2.10. The summed E-state index contributed by atoms with van der Waals surface area (Å²) in [6.07, 6.45) is 0. The Morgan fingerprint density at radius 3 is 2.46 bits per heavy atom. The number of aliphatic imine (C=N–C) groups is 1. The number of hydrogen-bond donors (Lipinski definition) is 2. The van der Waals surface area contributed by atoms with E-state index in [0.29, 0.717) is 19.0 Å². The smallest absolute Gasteiger partial charge is 0.253 e. The van der Waals surface area contributed by atoms with Crippen LogP contribution in [0.1, 0.15) is 22.8 Å². The summed E-state index contributed by atoms with van der Waals surface area (Å²) in [5.74, 6) is 0.497. The van der Waals surface area contributed by atoms with Crippen LogP contribution in [0.5, 0.6) is 0 Å². The summed E-state index contributed by atoms with van der Waals surface area (Å²) in [5, 5.41) is 2.99. The van der Waals surface area contributed by atoms with Gasteiger partial charge in [-0.2, -0.15) is 0 Å². The number of likely N-dealkylation sites (N-methyl/N-ethyl adjacent to an activating group) is 1. The lowest BCUT2D eigenvalue weighted by Gasteiger charge is -2.32. The van der Waals surface area contributed by atoms with Gasteiger partial charge in [0, 0.05) is 38.3 Å². The molecular formula is C18H27N5O. The Morgan fingerprint density at radius 1 is 1.25 bits per heavy atom. The maximum atomic E-state index is 12.5. The standard InChI is InChI=1S/C18H27N5O/c1-14(2)12-20-18(19)21-13-15-4-6-16(7-5-15)17(24)23-10-8-22(3)9-11-23/h4-7H,1,8-13H2,2-3H3,(H3,19,20,21). The maximum absolute atomic E-state index is 12.5. The molecule has 1 aromatic rings. The zero-order valence-electron chi connectivity index (χ0n) is 14.6. The minimum Gasteiger partial charge on any atom is -0.370 e. The van der Waals surface area contributed by atoms with Crippen LogP contribution in [0, 0.1) is 0 Å². The van der Waals surface area contributed by atoms with E-state index in [9.17, 15) is 4.79 Å².